The van der Waals surface area contributed by atoms with E-state index in [1.165, 1.54) is 0 Å². The lowest BCUT2D eigenvalue weighted by Gasteiger charge is -2.21. The zero-order valence-electron chi connectivity index (χ0n) is 17.2. The smallest absolute Gasteiger partial charge is 0.344 e. The van der Waals surface area contributed by atoms with Crippen LogP contribution < -0.4 is 19.8 Å². The van der Waals surface area contributed by atoms with E-state index >= 15 is 0 Å². The van der Waals surface area contributed by atoms with E-state index in [1.54, 1.807) is 25.3 Å². The summed E-state index contributed by atoms with van der Waals surface area (Å²) in [5.74, 6) is 2.02. The van der Waals surface area contributed by atoms with Gasteiger partial charge in [-0.1, -0.05) is 23.7 Å². The molecule has 5 rings (SSSR count). The molecule has 6 nitrogen and oxygen atoms in total. The van der Waals surface area contributed by atoms with Gasteiger partial charge < -0.3 is 23.4 Å². The summed E-state index contributed by atoms with van der Waals surface area (Å²) in [4.78, 5) is 12.6. The normalized spacial score (nSPS) is 12.8. The third-order valence-corrected chi connectivity index (χ3v) is 5.47. The topological polar surface area (TPSA) is 67.1 Å². The van der Waals surface area contributed by atoms with Gasteiger partial charge in [0.2, 0.25) is 0 Å². The molecular formula is C25H19ClO6. The Kier molecular flexibility index (Phi) is 5.47. The Balaban J connectivity index is 1.41. The number of halogens is 1. The molecule has 1 aromatic heterocycles. The van der Waals surface area contributed by atoms with E-state index in [2.05, 4.69) is 0 Å². The molecule has 1 aliphatic heterocycles. The summed E-state index contributed by atoms with van der Waals surface area (Å²) in [6.07, 6.45) is 0. The maximum atomic E-state index is 12.6. The van der Waals surface area contributed by atoms with Crippen molar-refractivity contribution in [2.24, 2.45) is 0 Å². The highest BCUT2D eigenvalue weighted by atomic mass is 35.5. The van der Waals surface area contributed by atoms with Crippen LogP contribution in [0.15, 0.2) is 69.9 Å². The van der Waals surface area contributed by atoms with E-state index in [9.17, 15) is 4.79 Å². The predicted octanol–water partition coefficient (Wildman–Crippen LogP) is 5.57. The molecule has 7 heteroatoms. The van der Waals surface area contributed by atoms with Crippen LogP contribution in [0.4, 0.5) is 0 Å². The van der Waals surface area contributed by atoms with Gasteiger partial charge in [0.15, 0.2) is 6.79 Å². The van der Waals surface area contributed by atoms with Crippen molar-refractivity contribution in [1.82, 2.24) is 0 Å². The Hall–Kier alpha value is -3.48. The average molecular weight is 451 g/mol. The number of benzene rings is 3. The van der Waals surface area contributed by atoms with Crippen LogP contribution in [0.25, 0.3) is 22.1 Å². The number of hydrogen-bond acceptors (Lipinski definition) is 6. The molecular weight excluding hydrogens is 432 g/mol. The molecule has 4 aromatic rings. The molecule has 1 aliphatic rings. The lowest BCUT2D eigenvalue weighted by Crippen LogP contribution is -2.14. The van der Waals surface area contributed by atoms with Crippen molar-refractivity contribution < 1.29 is 23.4 Å². The lowest BCUT2D eigenvalue weighted by molar-refractivity contribution is -0.0175. The Morgan fingerprint density at radius 2 is 1.81 bits per heavy atom. The zero-order valence-corrected chi connectivity index (χ0v) is 18.0. The molecule has 0 fully saturated rings. The summed E-state index contributed by atoms with van der Waals surface area (Å²) < 4.78 is 27.6. The van der Waals surface area contributed by atoms with Crippen LogP contribution in [0.5, 0.6) is 17.2 Å². The van der Waals surface area contributed by atoms with Crippen LogP contribution in [0.2, 0.25) is 5.02 Å². The van der Waals surface area contributed by atoms with E-state index in [-0.39, 0.29) is 13.4 Å². The van der Waals surface area contributed by atoms with E-state index in [1.807, 2.05) is 42.5 Å². The van der Waals surface area contributed by atoms with Gasteiger partial charge in [-0.25, -0.2) is 4.79 Å². The molecule has 0 bridgehead atoms. The van der Waals surface area contributed by atoms with Gasteiger partial charge >= 0.3 is 5.63 Å². The molecule has 2 heterocycles. The summed E-state index contributed by atoms with van der Waals surface area (Å²) in [6, 6.07) is 18.1. The first kappa shape index (κ1) is 20.4. The van der Waals surface area contributed by atoms with Crippen molar-refractivity contribution in [3.8, 4) is 28.4 Å². The number of hydrogen-bond donors (Lipinski definition) is 0. The Bertz CT molecular complexity index is 1340. The van der Waals surface area contributed by atoms with E-state index in [4.69, 9.17) is 35.0 Å². The summed E-state index contributed by atoms with van der Waals surface area (Å²) in [6.45, 7) is 0.891. The van der Waals surface area contributed by atoms with Gasteiger partial charge in [-0.05, 0) is 48.0 Å². The van der Waals surface area contributed by atoms with Crippen molar-refractivity contribution in [1.29, 1.82) is 0 Å². The number of rotatable bonds is 5. The maximum Gasteiger partial charge on any atom is 0.344 e. The number of fused-ring (bicyclic) bond motifs is 2. The Morgan fingerprint density at radius 3 is 2.62 bits per heavy atom. The maximum absolute atomic E-state index is 12.6. The minimum atomic E-state index is -0.419. The molecule has 32 heavy (non-hydrogen) atoms. The van der Waals surface area contributed by atoms with Crippen molar-refractivity contribution >= 4 is 22.6 Å². The van der Waals surface area contributed by atoms with E-state index < -0.39 is 5.63 Å². The second-order valence-electron chi connectivity index (χ2n) is 7.33. The van der Waals surface area contributed by atoms with Gasteiger partial charge in [-0.15, -0.1) is 0 Å². The SMILES string of the molecule is COc1ccc(-c2cc3ccc(OCc4cc(Cl)cc5c4OCOC5)cc3oc2=O)cc1. The summed E-state index contributed by atoms with van der Waals surface area (Å²) >= 11 is 6.22. The molecule has 0 atom stereocenters. The van der Waals surface area contributed by atoms with Gasteiger partial charge in [0.1, 0.15) is 29.4 Å². The first-order chi connectivity index (χ1) is 15.6. The molecule has 0 saturated heterocycles. The zero-order chi connectivity index (χ0) is 22.1. The standard InChI is InChI=1S/C25H19ClO6/c1-28-20-5-2-15(3-6-20)22-10-16-4-7-21(11-23(16)32-25(22)27)30-13-18-9-19(26)8-17-12-29-14-31-24(17)18/h2-11H,12-14H2,1H3. The molecule has 0 amide bonds. The molecule has 0 spiro atoms. The van der Waals surface area contributed by atoms with Crippen LogP contribution in [-0.4, -0.2) is 13.9 Å². The average Bonchev–Trinajstić information content (AvgIpc) is 2.82. The van der Waals surface area contributed by atoms with E-state index in [0.717, 1.165) is 33.6 Å². The summed E-state index contributed by atoms with van der Waals surface area (Å²) in [5, 5.41) is 1.38. The first-order valence-corrected chi connectivity index (χ1v) is 10.4. The third-order valence-electron chi connectivity index (χ3n) is 5.25. The summed E-state index contributed by atoms with van der Waals surface area (Å²) in [7, 11) is 1.60. The highest BCUT2D eigenvalue weighted by molar-refractivity contribution is 6.30. The molecule has 0 unspecified atom stereocenters. The van der Waals surface area contributed by atoms with Crippen LogP contribution >= 0.6 is 11.6 Å². The largest absolute Gasteiger partial charge is 0.497 e. The molecule has 0 N–H and O–H groups in total. The van der Waals surface area contributed by atoms with Gasteiger partial charge in [0.05, 0.1) is 19.3 Å². The Labute approximate surface area is 188 Å². The van der Waals surface area contributed by atoms with Crippen LogP contribution in [-0.2, 0) is 18.0 Å². The van der Waals surface area contributed by atoms with Crippen molar-refractivity contribution in [2.75, 3.05) is 13.9 Å². The molecule has 3 aromatic carbocycles. The van der Waals surface area contributed by atoms with Gasteiger partial charge in [-0.2, -0.15) is 0 Å². The quantitative estimate of drug-likeness (QED) is 0.370. The highest BCUT2D eigenvalue weighted by Gasteiger charge is 2.17. The lowest BCUT2D eigenvalue weighted by atomic mass is 10.1. The molecule has 162 valence electrons. The van der Waals surface area contributed by atoms with Gasteiger partial charge in [0, 0.05) is 27.6 Å². The fourth-order valence-corrected chi connectivity index (χ4v) is 3.94. The third kappa shape index (κ3) is 4.02. The fourth-order valence-electron chi connectivity index (χ4n) is 3.68. The van der Waals surface area contributed by atoms with Crippen LogP contribution in [0, 0.1) is 0 Å². The number of methoxy groups -OCH3 is 1. The van der Waals surface area contributed by atoms with Crippen molar-refractivity contribution in [3.63, 3.8) is 0 Å². The second-order valence-corrected chi connectivity index (χ2v) is 7.76. The second kappa shape index (κ2) is 8.57. The van der Waals surface area contributed by atoms with E-state index in [0.29, 0.717) is 28.5 Å². The molecule has 0 radical (unpaired) electrons. The molecule has 0 saturated carbocycles. The van der Waals surface area contributed by atoms with Crippen molar-refractivity contribution in [3.05, 3.63) is 87.2 Å². The Morgan fingerprint density at radius 1 is 1.00 bits per heavy atom. The number of ether oxygens (including phenoxy) is 4. The molecule has 0 aliphatic carbocycles. The highest BCUT2D eigenvalue weighted by Crippen LogP contribution is 2.33. The first-order valence-electron chi connectivity index (χ1n) is 9.98. The minimum Gasteiger partial charge on any atom is -0.497 e. The fraction of sp³-hybridized carbons (Fsp3) is 0.160. The van der Waals surface area contributed by atoms with Crippen molar-refractivity contribution in [2.45, 2.75) is 13.2 Å². The predicted molar refractivity (Wildman–Crippen MR) is 121 cm³/mol. The van der Waals surface area contributed by atoms with Crippen LogP contribution in [0.3, 0.4) is 0 Å². The summed E-state index contributed by atoms with van der Waals surface area (Å²) in [5.41, 5.74) is 2.99. The minimum absolute atomic E-state index is 0.194. The van der Waals surface area contributed by atoms with Gasteiger partial charge in [0.25, 0.3) is 0 Å². The van der Waals surface area contributed by atoms with Gasteiger partial charge in [-0.3, -0.25) is 0 Å². The monoisotopic (exact) mass is 450 g/mol. The van der Waals surface area contributed by atoms with Crippen LogP contribution in [0.1, 0.15) is 11.1 Å².